The predicted octanol–water partition coefficient (Wildman–Crippen LogP) is 4.93. The van der Waals surface area contributed by atoms with Crippen LogP contribution in [0.15, 0.2) is 71.2 Å². The van der Waals surface area contributed by atoms with E-state index in [1.54, 1.807) is 11.3 Å². The average molecular weight is 394 g/mol. The summed E-state index contributed by atoms with van der Waals surface area (Å²) in [7, 11) is 0. The van der Waals surface area contributed by atoms with Gasteiger partial charge in [0.25, 0.3) is 0 Å². The zero-order chi connectivity index (χ0) is 18.6. The molecule has 1 amide bonds. The van der Waals surface area contributed by atoms with Gasteiger partial charge in [0.2, 0.25) is 5.91 Å². The molecule has 2 aromatic heterocycles. The van der Waals surface area contributed by atoms with Gasteiger partial charge in [0.1, 0.15) is 0 Å². The van der Waals surface area contributed by atoms with E-state index in [4.69, 9.17) is 0 Å². The van der Waals surface area contributed by atoms with Crippen LogP contribution in [0.2, 0.25) is 0 Å². The molecule has 4 rings (SSSR count). The van der Waals surface area contributed by atoms with E-state index in [0.29, 0.717) is 5.75 Å². The maximum atomic E-state index is 12.6. The van der Waals surface area contributed by atoms with Crippen LogP contribution in [0.1, 0.15) is 22.0 Å². The lowest BCUT2D eigenvalue weighted by Gasteiger charge is -2.17. The van der Waals surface area contributed by atoms with Crippen LogP contribution in [0.25, 0.3) is 11.0 Å². The number of nitrogens with one attached hydrogen (secondary N) is 2. The Bertz CT molecular complexity index is 1040. The molecule has 2 aromatic carbocycles. The minimum absolute atomic E-state index is 0.0149. The van der Waals surface area contributed by atoms with Crippen LogP contribution >= 0.6 is 23.1 Å². The quantitative estimate of drug-likeness (QED) is 0.457. The Hall–Kier alpha value is -2.57. The first-order chi connectivity index (χ1) is 13.2. The van der Waals surface area contributed by atoms with Gasteiger partial charge in [-0.15, -0.1) is 11.3 Å². The van der Waals surface area contributed by atoms with Gasteiger partial charge in [0, 0.05) is 4.88 Å². The largest absolute Gasteiger partial charge is 0.344 e. The number of aromatic amines is 1. The zero-order valence-corrected chi connectivity index (χ0v) is 16.4. The van der Waals surface area contributed by atoms with E-state index < -0.39 is 0 Å². The first-order valence-corrected chi connectivity index (χ1v) is 10.5. The highest BCUT2D eigenvalue weighted by molar-refractivity contribution is 7.99. The summed E-state index contributed by atoms with van der Waals surface area (Å²) >= 11 is 3.07. The number of carbonyl (C=O) groups is 1. The lowest BCUT2D eigenvalue weighted by atomic mass is 10.1. The molecule has 1 atom stereocenters. The summed E-state index contributed by atoms with van der Waals surface area (Å²) in [6, 6.07) is 20.1. The van der Waals surface area contributed by atoms with Gasteiger partial charge >= 0.3 is 0 Å². The van der Waals surface area contributed by atoms with Crippen LogP contribution in [-0.2, 0) is 4.79 Å². The van der Waals surface area contributed by atoms with E-state index in [1.165, 1.54) is 17.3 Å². The van der Waals surface area contributed by atoms with E-state index in [-0.39, 0.29) is 11.9 Å². The number of rotatable bonds is 6. The third-order valence-electron chi connectivity index (χ3n) is 4.22. The van der Waals surface area contributed by atoms with Gasteiger partial charge in [-0.1, -0.05) is 54.2 Å². The molecule has 0 unspecified atom stereocenters. The fourth-order valence-electron chi connectivity index (χ4n) is 2.92. The van der Waals surface area contributed by atoms with Crippen molar-refractivity contribution in [1.82, 2.24) is 15.3 Å². The predicted molar refractivity (Wildman–Crippen MR) is 112 cm³/mol. The van der Waals surface area contributed by atoms with E-state index in [2.05, 4.69) is 34.3 Å². The molecule has 0 spiro atoms. The number of thioether (sulfide) groups is 1. The van der Waals surface area contributed by atoms with E-state index in [1.807, 2.05) is 53.9 Å². The summed E-state index contributed by atoms with van der Waals surface area (Å²) in [5.41, 5.74) is 4.18. The van der Waals surface area contributed by atoms with Crippen molar-refractivity contribution in [1.29, 1.82) is 0 Å². The molecule has 0 aliphatic heterocycles. The zero-order valence-electron chi connectivity index (χ0n) is 14.8. The number of nitrogens with zero attached hydrogens (tertiary/aromatic N) is 1. The number of amides is 1. The minimum atomic E-state index is -0.127. The minimum Gasteiger partial charge on any atom is -0.344 e. The Balaban J connectivity index is 1.45. The van der Waals surface area contributed by atoms with Crippen LogP contribution in [-0.4, -0.2) is 21.6 Å². The SMILES string of the molecule is Cc1ccc2nc(SCC(=O)N[C@@H](c3ccccc3)c3cccs3)[nH]c2c1. The summed E-state index contributed by atoms with van der Waals surface area (Å²) in [4.78, 5) is 21.5. The first-order valence-electron chi connectivity index (χ1n) is 8.66. The number of imidazole rings is 1. The van der Waals surface area contributed by atoms with Crippen molar-refractivity contribution in [2.45, 2.75) is 18.1 Å². The van der Waals surface area contributed by atoms with Gasteiger partial charge in [0.15, 0.2) is 5.16 Å². The highest BCUT2D eigenvalue weighted by Gasteiger charge is 2.18. The maximum absolute atomic E-state index is 12.6. The molecule has 2 heterocycles. The van der Waals surface area contributed by atoms with Crippen molar-refractivity contribution in [3.63, 3.8) is 0 Å². The van der Waals surface area contributed by atoms with E-state index in [0.717, 1.165) is 26.6 Å². The Labute approximate surface area is 166 Å². The van der Waals surface area contributed by atoms with Gasteiger partial charge in [0.05, 0.1) is 22.8 Å². The molecule has 4 aromatic rings. The number of H-pyrrole nitrogens is 1. The van der Waals surface area contributed by atoms with Crippen LogP contribution < -0.4 is 5.32 Å². The van der Waals surface area contributed by atoms with Gasteiger partial charge in [-0.3, -0.25) is 4.79 Å². The molecule has 27 heavy (non-hydrogen) atoms. The van der Waals surface area contributed by atoms with Gasteiger partial charge in [-0.05, 0) is 41.6 Å². The smallest absolute Gasteiger partial charge is 0.231 e. The van der Waals surface area contributed by atoms with E-state index in [9.17, 15) is 4.79 Å². The van der Waals surface area contributed by atoms with Crippen LogP contribution in [0.3, 0.4) is 0 Å². The molecule has 2 N–H and O–H groups in total. The number of hydrogen-bond donors (Lipinski definition) is 2. The summed E-state index contributed by atoms with van der Waals surface area (Å²) in [5.74, 6) is 0.298. The van der Waals surface area contributed by atoms with Crippen molar-refractivity contribution in [3.05, 3.63) is 82.0 Å². The van der Waals surface area contributed by atoms with Crippen molar-refractivity contribution in [2.24, 2.45) is 0 Å². The topological polar surface area (TPSA) is 57.8 Å². The summed E-state index contributed by atoms with van der Waals surface area (Å²) < 4.78 is 0. The number of aromatic nitrogens is 2. The molecule has 4 nitrogen and oxygen atoms in total. The second-order valence-electron chi connectivity index (χ2n) is 6.28. The Kier molecular flexibility index (Phi) is 5.27. The van der Waals surface area contributed by atoms with Crippen LogP contribution in [0.5, 0.6) is 0 Å². The molecule has 0 saturated carbocycles. The summed E-state index contributed by atoms with van der Waals surface area (Å²) in [5, 5.41) is 5.95. The number of benzene rings is 2. The van der Waals surface area contributed by atoms with Gasteiger partial charge < -0.3 is 10.3 Å². The number of carbonyl (C=O) groups excluding carboxylic acids is 1. The second kappa shape index (κ2) is 7.98. The fraction of sp³-hybridized carbons (Fsp3) is 0.143. The summed E-state index contributed by atoms with van der Waals surface area (Å²) in [6.45, 7) is 2.05. The molecule has 0 aliphatic carbocycles. The standard InChI is InChI=1S/C21H19N3OS2/c1-14-9-10-16-17(12-14)23-21(22-16)27-13-19(25)24-20(18-8-5-11-26-18)15-6-3-2-4-7-15/h2-12,20H,13H2,1H3,(H,22,23)(H,24,25)/t20-/m0/s1. The van der Waals surface area contributed by atoms with Crippen molar-refractivity contribution < 1.29 is 4.79 Å². The lowest BCUT2D eigenvalue weighted by molar-refractivity contribution is -0.119. The Morgan fingerprint density at radius 3 is 2.81 bits per heavy atom. The lowest BCUT2D eigenvalue weighted by Crippen LogP contribution is -2.30. The number of hydrogen-bond acceptors (Lipinski definition) is 4. The Morgan fingerprint density at radius 2 is 2.04 bits per heavy atom. The highest BCUT2D eigenvalue weighted by atomic mass is 32.2. The molecule has 0 radical (unpaired) electrons. The average Bonchev–Trinajstić information content (AvgIpc) is 3.34. The number of thiophene rings is 1. The normalized spacial score (nSPS) is 12.2. The monoisotopic (exact) mass is 393 g/mol. The first kappa shape index (κ1) is 17.8. The van der Waals surface area contributed by atoms with Crippen molar-refractivity contribution >= 4 is 40.0 Å². The van der Waals surface area contributed by atoms with Crippen LogP contribution in [0, 0.1) is 6.92 Å². The van der Waals surface area contributed by atoms with Crippen LogP contribution in [0.4, 0.5) is 0 Å². The third kappa shape index (κ3) is 4.23. The molecule has 136 valence electrons. The maximum Gasteiger partial charge on any atom is 0.231 e. The summed E-state index contributed by atoms with van der Waals surface area (Å²) in [6.07, 6.45) is 0. The molecular weight excluding hydrogens is 374 g/mol. The van der Waals surface area contributed by atoms with Crippen molar-refractivity contribution in [3.8, 4) is 0 Å². The van der Waals surface area contributed by atoms with Gasteiger partial charge in [-0.2, -0.15) is 0 Å². The highest BCUT2D eigenvalue weighted by Crippen LogP contribution is 2.26. The fourth-order valence-corrected chi connectivity index (χ4v) is 4.42. The molecule has 6 heteroatoms. The Morgan fingerprint density at radius 1 is 1.19 bits per heavy atom. The third-order valence-corrected chi connectivity index (χ3v) is 6.03. The van der Waals surface area contributed by atoms with Crippen molar-refractivity contribution in [2.75, 3.05) is 5.75 Å². The molecule has 0 aliphatic rings. The second-order valence-corrected chi connectivity index (χ2v) is 8.22. The molecule has 0 bridgehead atoms. The molecule has 0 fully saturated rings. The van der Waals surface area contributed by atoms with Gasteiger partial charge in [-0.25, -0.2) is 4.98 Å². The number of aryl methyl sites for hydroxylation is 1. The molecule has 0 saturated heterocycles. The molecular formula is C21H19N3OS2. The van der Waals surface area contributed by atoms with E-state index >= 15 is 0 Å². The number of fused-ring (bicyclic) bond motifs is 1.